The zero-order valence-corrected chi connectivity index (χ0v) is 1.85. The fraction of sp³-hybridized carbons (Fsp3) is 0. The van der Waals surface area contributed by atoms with Crippen LogP contribution in [0.5, 0.6) is 0 Å². The van der Waals surface area contributed by atoms with E-state index in [1.54, 1.807) is 5.34 Å². The number of nitrogens with zero attached hydrogens (tertiary/aromatic N) is 2. The van der Waals surface area contributed by atoms with Crippen molar-refractivity contribution in [3.05, 3.63) is 0 Å². The third-order valence-electron chi connectivity index (χ3n) is 0.0436. The van der Waals surface area contributed by atoms with Gasteiger partial charge in [0.05, 0.1) is 0 Å². The highest BCUT2D eigenvalue weighted by molar-refractivity contribution is 3.70. The molecule has 0 rings (SSSR count). The topological polar surface area (TPSA) is 50.7 Å². The Labute approximate surface area is 22.2 Å². The first-order chi connectivity index (χ1) is 1.91. The van der Waals surface area contributed by atoms with E-state index in [4.69, 9.17) is 0 Å². The molecule has 0 unspecified atom stereocenters. The van der Waals surface area contributed by atoms with Gasteiger partial charge in [0, 0.05) is 5.34 Å². The molecule has 0 aliphatic heterocycles. The van der Waals surface area contributed by atoms with Crippen molar-refractivity contribution in [1.29, 1.82) is 0 Å². The quantitative estimate of drug-likeness (QED) is 0.243. The van der Waals surface area contributed by atoms with Crippen molar-refractivity contribution >= 4 is 0 Å². The van der Waals surface area contributed by atoms with Crippen molar-refractivity contribution in [2.45, 2.75) is 0 Å². The van der Waals surface area contributed by atoms with Crippen LogP contribution >= 0.6 is 0 Å². The van der Waals surface area contributed by atoms with Gasteiger partial charge in [-0.3, -0.25) is 0 Å². The minimum Gasteiger partial charge on any atom is -0.303 e. The molecule has 4 heavy (non-hydrogen) atoms. The maximum Gasteiger partial charge on any atom is 0.0394 e. The summed E-state index contributed by atoms with van der Waals surface area (Å²) in [5, 5.41) is 3.83. The zero-order chi connectivity index (χ0) is 3.41. The van der Waals surface area contributed by atoms with Crippen LogP contribution in [0, 0.1) is 0 Å². The molecule has 0 bridgehead atoms. The van der Waals surface area contributed by atoms with Gasteiger partial charge in [0.2, 0.25) is 0 Å². The Morgan fingerprint density at radius 2 is 2.00 bits per heavy atom. The van der Waals surface area contributed by atoms with E-state index < -0.39 is 0 Å². The third-order valence-corrected chi connectivity index (χ3v) is 0.0436. The van der Waals surface area contributed by atoms with Crippen LogP contribution in [0.4, 0.5) is 4.48 Å². The van der Waals surface area contributed by atoms with Crippen LogP contribution in [-0.2, 0) is 0 Å². The van der Waals surface area contributed by atoms with E-state index in [1.165, 1.54) is 0 Å². The van der Waals surface area contributed by atoms with Crippen molar-refractivity contribution in [1.82, 2.24) is 0 Å². The Morgan fingerprint density at radius 1 is 1.75 bits per heavy atom. The molecule has 0 aliphatic carbocycles. The lowest BCUT2D eigenvalue weighted by molar-refractivity contribution is 0.479. The first kappa shape index (κ1) is 3.33. The molecule has 0 fully saturated rings. The molecule has 0 spiro atoms. The highest BCUT2D eigenvalue weighted by Gasteiger charge is 1.36. The molecule has 0 aromatic rings. The normalized spacial score (nSPS) is 9.25. The number of rotatable bonds is 0. The lowest BCUT2D eigenvalue weighted by atomic mass is 12.8. The minimum atomic E-state index is 1.64. The van der Waals surface area contributed by atoms with Crippen molar-refractivity contribution in [2.24, 2.45) is 16.4 Å². The van der Waals surface area contributed by atoms with Crippen molar-refractivity contribution in [2.75, 3.05) is 0 Å². The van der Waals surface area contributed by atoms with Crippen LogP contribution in [0.25, 0.3) is 0 Å². The van der Waals surface area contributed by atoms with Gasteiger partial charge in [-0.1, -0.05) is 4.48 Å². The van der Waals surface area contributed by atoms with E-state index in [-0.39, 0.29) is 0 Å². The monoisotopic (exact) mass is 63.0 g/mol. The van der Waals surface area contributed by atoms with E-state index in [1.807, 2.05) is 0 Å². The fourth-order valence-electron chi connectivity index (χ4n) is 0. The Bertz CT molecular complexity index is 18.5. The Balaban J connectivity index is 2.55. The van der Waals surface area contributed by atoms with Gasteiger partial charge in [-0.25, -0.2) is 0 Å². The maximum atomic E-state index is 10.1. The summed E-state index contributed by atoms with van der Waals surface area (Å²) in [4.78, 5) is 0. The van der Waals surface area contributed by atoms with Crippen LogP contribution in [0.15, 0.2) is 10.6 Å². The molecule has 0 radical (unpaired) electrons. The van der Waals surface area contributed by atoms with Crippen LogP contribution in [0.1, 0.15) is 0 Å². The molecule has 0 saturated carbocycles. The average Bonchev–Trinajstić information content (AvgIpc) is 1.37. The first-order valence-corrected chi connectivity index (χ1v) is 0.627. The molecule has 0 aromatic heterocycles. The van der Waals surface area contributed by atoms with E-state index in [0.29, 0.717) is 0 Å². The van der Waals surface area contributed by atoms with Gasteiger partial charge in [-0.15, -0.1) is 0 Å². The molecule has 4 heteroatoms. The van der Waals surface area contributed by atoms with E-state index in [9.17, 15) is 4.48 Å². The molecule has 0 amide bonds. The number of nitrogens with two attached hydrogens (primary N) is 1. The minimum absolute atomic E-state index is 1.64. The lowest BCUT2D eigenvalue weighted by Gasteiger charge is -1.49. The predicted molar refractivity (Wildman–Crippen MR) is 10.2 cm³/mol. The average molecular weight is 63.0 g/mol. The second-order valence-corrected chi connectivity index (χ2v) is 0.191. The van der Waals surface area contributed by atoms with Crippen molar-refractivity contribution < 1.29 is 4.48 Å². The maximum absolute atomic E-state index is 10.1. The van der Waals surface area contributed by atoms with Gasteiger partial charge in [0.1, 0.15) is 0 Å². The van der Waals surface area contributed by atoms with E-state index >= 15 is 0 Å². The number of hydrogen-bond donors (Lipinski definition) is 1. The number of hydrogen-bond acceptors (Lipinski definition) is 2. The highest BCUT2D eigenvalue weighted by atomic mass is 19.2. The van der Waals surface area contributed by atoms with Gasteiger partial charge in [0.25, 0.3) is 0 Å². The van der Waals surface area contributed by atoms with Gasteiger partial charge in [0.15, 0.2) is 0 Å². The molecular weight excluding hydrogens is 61.0 g/mol. The summed E-state index contributed by atoms with van der Waals surface area (Å²) >= 11 is 0. The van der Waals surface area contributed by atoms with Crippen molar-refractivity contribution in [3.63, 3.8) is 0 Å². The van der Waals surface area contributed by atoms with Gasteiger partial charge < -0.3 is 5.84 Å². The fourth-order valence-corrected chi connectivity index (χ4v) is 0. The second kappa shape index (κ2) is 2.33. The van der Waals surface area contributed by atoms with E-state index in [0.717, 1.165) is 0 Å². The van der Waals surface area contributed by atoms with Crippen LogP contribution < -0.4 is 5.84 Å². The summed E-state index contributed by atoms with van der Waals surface area (Å²) in [5.74, 6) is 4.11. The SMILES string of the molecule is NN=NF. The van der Waals surface area contributed by atoms with Crippen LogP contribution in [0.2, 0.25) is 0 Å². The molecular formula is H2FN3. The predicted octanol–water partition coefficient (Wildman–Crippen LogP) is 0.197. The second-order valence-electron chi connectivity index (χ2n) is 0.191. The molecule has 0 aromatic carbocycles. The van der Waals surface area contributed by atoms with Crippen molar-refractivity contribution in [3.8, 4) is 0 Å². The Morgan fingerprint density at radius 3 is 2.00 bits per heavy atom. The van der Waals surface area contributed by atoms with Crippen LogP contribution in [0.3, 0.4) is 0 Å². The molecule has 3 nitrogen and oxygen atoms in total. The van der Waals surface area contributed by atoms with Crippen LogP contribution in [-0.4, -0.2) is 0 Å². The zero-order valence-electron chi connectivity index (χ0n) is 1.85. The molecule has 2 N–H and O–H groups in total. The molecule has 0 aliphatic rings. The lowest BCUT2D eigenvalue weighted by Crippen LogP contribution is -1.68. The van der Waals surface area contributed by atoms with Gasteiger partial charge >= 0.3 is 0 Å². The third kappa shape index (κ3) is 1.33. The summed E-state index contributed by atoms with van der Waals surface area (Å²) in [5.41, 5.74) is 0. The molecule has 0 saturated heterocycles. The summed E-state index contributed by atoms with van der Waals surface area (Å²) in [6.45, 7) is 0. The summed E-state index contributed by atoms with van der Waals surface area (Å²) in [6, 6.07) is 0. The van der Waals surface area contributed by atoms with Gasteiger partial charge in [-0.2, -0.15) is 0 Å². The molecule has 0 heterocycles. The summed E-state index contributed by atoms with van der Waals surface area (Å²) in [7, 11) is 0. The smallest absolute Gasteiger partial charge is 0.0394 e. The molecule has 24 valence electrons. The Kier molecular flexibility index (Phi) is 1.94. The first-order valence-electron chi connectivity index (χ1n) is 0.627. The van der Waals surface area contributed by atoms with E-state index in [2.05, 4.69) is 11.1 Å². The number of halogens is 1. The summed E-state index contributed by atoms with van der Waals surface area (Å²) < 4.78 is 10.1. The summed E-state index contributed by atoms with van der Waals surface area (Å²) in [6.07, 6.45) is 0. The standard InChI is InChI=1S/FH2N3/c1-3-4-2/h(H2,2,3). The highest BCUT2D eigenvalue weighted by Crippen LogP contribution is 1.56. The largest absolute Gasteiger partial charge is 0.303 e. The Hall–Kier alpha value is -0.670. The van der Waals surface area contributed by atoms with Gasteiger partial charge in [-0.05, 0) is 5.22 Å². The molecule has 0 atom stereocenters.